The van der Waals surface area contributed by atoms with Gasteiger partial charge in [-0.15, -0.1) is 0 Å². The molecule has 1 heterocycles. The number of rotatable bonds is 3. The molecule has 2 N–H and O–H groups in total. The van der Waals surface area contributed by atoms with Crippen LogP contribution in [0, 0.1) is 5.92 Å². The number of hydrogen-bond acceptors (Lipinski definition) is 3. The van der Waals surface area contributed by atoms with Crippen LogP contribution >= 0.6 is 11.6 Å². The second kappa shape index (κ2) is 6.18. The predicted octanol–water partition coefficient (Wildman–Crippen LogP) is 2.08. The molecule has 1 aliphatic rings. The van der Waals surface area contributed by atoms with E-state index in [-0.39, 0.29) is 5.91 Å². The number of carbonyl (C=O) groups is 1. The van der Waals surface area contributed by atoms with Gasteiger partial charge >= 0.3 is 0 Å². The average Bonchev–Trinajstić information content (AvgIpc) is 2.39. The molecule has 1 aromatic carbocycles. The van der Waals surface area contributed by atoms with E-state index >= 15 is 0 Å². The Labute approximate surface area is 112 Å². The van der Waals surface area contributed by atoms with Gasteiger partial charge in [-0.1, -0.05) is 17.7 Å². The van der Waals surface area contributed by atoms with Crippen molar-refractivity contribution in [1.82, 2.24) is 4.90 Å². The summed E-state index contributed by atoms with van der Waals surface area (Å²) >= 11 is 5.89. The molecule has 0 atom stereocenters. The summed E-state index contributed by atoms with van der Waals surface area (Å²) in [6, 6.07) is 7.07. The number of hydrogen-bond donors (Lipinski definition) is 1. The minimum atomic E-state index is 0.0459. The monoisotopic (exact) mass is 268 g/mol. The van der Waals surface area contributed by atoms with E-state index in [0.717, 1.165) is 25.9 Å². The molecule has 98 valence electrons. The van der Waals surface area contributed by atoms with Crippen LogP contribution in [0.5, 0.6) is 0 Å². The van der Waals surface area contributed by atoms with Crippen molar-refractivity contribution in [3.8, 4) is 0 Å². The Morgan fingerprint density at radius 2 is 2.17 bits per heavy atom. The van der Waals surface area contributed by atoms with Crippen LogP contribution in [0.15, 0.2) is 24.3 Å². The maximum absolute atomic E-state index is 12.2. The molecule has 1 aromatic rings. The van der Waals surface area contributed by atoms with Crippen LogP contribution in [0.1, 0.15) is 23.2 Å². The minimum Gasteiger partial charge on any atom is -0.339 e. The van der Waals surface area contributed by atoms with Crippen molar-refractivity contribution in [2.75, 3.05) is 19.7 Å². The number of benzene rings is 1. The van der Waals surface area contributed by atoms with Gasteiger partial charge in [0.05, 0.1) is 6.61 Å². The van der Waals surface area contributed by atoms with Crippen LogP contribution in [-0.4, -0.2) is 30.5 Å². The van der Waals surface area contributed by atoms with Crippen LogP contribution in [0.2, 0.25) is 5.02 Å². The lowest BCUT2D eigenvalue weighted by molar-refractivity contribution is 0.0525. The SMILES string of the molecule is NOCC1CCN(C(=O)c2cccc(Cl)c2)CC1. The molecular formula is C13H17ClN2O2. The summed E-state index contributed by atoms with van der Waals surface area (Å²) in [5.41, 5.74) is 0.649. The van der Waals surface area contributed by atoms with E-state index in [4.69, 9.17) is 17.5 Å². The molecule has 0 spiro atoms. The first kappa shape index (κ1) is 13.3. The zero-order valence-corrected chi connectivity index (χ0v) is 10.9. The van der Waals surface area contributed by atoms with Crippen molar-refractivity contribution in [1.29, 1.82) is 0 Å². The molecule has 2 rings (SSSR count). The van der Waals surface area contributed by atoms with Gasteiger partial charge in [0.15, 0.2) is 0 Å². The minimum absolute atomic E-state index is 0.0459. The van der Waals surface area contributed by atoms with Gasteiger partial charge in [0.2, 0.25) is 0 Å². The summed E-state index contributed by atoms with van der Waals surface area (Å²) in [5, 5.41) is 0.590. The van der Waals surface area contributed by atoms with Crippen molar-refractivity contribution in [2.45, 2.75) is 12.8 Å². The molecule has 0 aliphatic carbocycles. The molecule has 1 amide bonds. The van der Waals surface area contributed by atoms with E-state index in [2.05, 4.69) is 4.84 Å². The Balaban J connectivity index is 1.95. The Kier molecular flexibility index (Phi) is 4.58. The normalized spacial score (nSPS) is 16.9. The van der Waals surface area contributed by atoms with Gasteiger partial charge in [0.25, 0.3) is 5.91 Å². The first-order chi connectivity index (χ1) is 8.70. The van der Waals surface area contributed by atoms with E-state index in [1.807, 2.05) is 4.90 Å². The number of halogens is 1. The van der Waals surface area contributed by atoms with Gasteiger partial charge in [-0.2, -0.15) is 0 Å². The summed E-state index contributed by atoms with van der Waals surface area (Å²) in [4.78, 5) is 18.7. The Morgan fingerprint density at radius 1 is 1.44 bits per heavy atom. The molecular weight excluding hydrogens is 252 g/mol. The number of piperidine rings is 1. The van der Waals surface area contributed by atoms with Gasteiger partial charge in [-0.25, -0.2) is 5.90 Å². The van der Waals surface area contributed by atoms with E-state index in [1.54, 1.807) is 24.3 Å². The fourth-order valence-electron chi connectivity index (χ4n) is 2.24. The number of likely N-dealkylation sites (tertiary alicyclic amines) is 1. The molecule has 1 aliphatic heterocycles. The molecule has 18 heavy (non-hydrogen) atoms. The largest absolute Gasteiger partial charge is 0.339 e. The third kappa shape index (κ3) is 3.22. The Hall–Kier alpha value is -1.10. The maximum atomic E-state index is 12.2. The predicted molar refractivity (Wildman–Crippen MR) is 70.2 cm³/mol. The number of amides is 1. The molecule has 4 nitrogen and oxygen atoms in total. The van der Waals surface area contributed by atoms with Crippen molar-refractivity contribution < 1.29 is 9.63 Å². The zero-order valence-electron chi connectivity index (χ0n) is 10.1. The van der Waals surface area contributed by atoms with Crippen molar-refractivity contribution in [3.63, 3.8) is 0 Å². The lowest BCUT2D eigenvalue weighted by atomic mass is 9.97. The van der Waals surface area contributed by atoms with Crippen molar-refractivity contribution in [3.05, 3.63) is 34.9 Å². The highest BCUT2D eigenvalue weighted by Gasteiger charge is 2.23. The van der Waals surface area contributed by atoms with E-state index < -0.39 is 0 Å². The first-order valence-corrected chi connectivity index (χ1v) is 6.45. The van der Waals surface area contributed by atoms with E-state index in [0.29, 0.717) is 23.1 Å². The maximum Gasteiger partial charge on any atom is 0.253 e. The van der Waals surface area contributed by atoms with Gasteiger partial charge < -0.3 is 9.74 Å². The smallest absolute Gasteiger partial charge is 0.253 e. The number of carbonyl (C=O) groups excluding carboxylic acids is 1. The fraction of sp³-hybridized carbons (Fsp3) is 0.462. The lowest BCUT2D eigenvalue weighted by Crippen LogP contribution is -2.39. The van der Waals surface area contributed by atoms with Crippen molar-refractivity contribution in [2.24, 2.45) is 11.8 Å². The van der Waals surface area contributed by atoms with E-state index in [1.165, 1.54) is 0 Å². The number of nitrogens with two attached hydrogens (primary N) is 1. The average molecular weight is 269 g/mol. The van der Waals surface area contributed by atoms with Crippen LogP contribution in [0.25, 0.3) is 0 Å². The van der Waals surface area contributed by atoms with Crippen LogP contribution in [0.4, 0.5) is 0 Å². The highest BCUT2D eigenvalue weighted by atomic mass is 35.5. The highest BCUT2D eigenvalue weighted by Crippen LogP contribution is 2.20. The van der Waals surface area contributed by atoms with E-state index in [9.17, 15) is 4.79 Å². The summed E-state index contributed by atoms with van der Waals surface area (Å²) < 4.78 is 0. The highest BCUT2D eigenvalue weighted by molar-refractivity contribution is 6.30. The second-order valence-corrected chi connectivity index (χ2v) is 5.02. The molecule has 1 fully saturated rings. The third-order valence-electron chi connectivity index (χ3n) is 3.31. The summed E-state index contributed by atoms with van der Waals surface area (Å²) in [6.07, 6.45) is 1.87. The quantitative estimate of drug-likeness (QED) is 0.854. The topological polar surface area (TPSA) is 55.6 Å². The Bertz CT molecular complexity index is 417. The number of nitrogens with zero attached hydrogens (tertiary/aromatic N) is 1. The lowest BCUT2D eigenvalue weighted by Gasteiger charge is -2.31. The standard InChI is InChI=1S/C13H17ClN2O2/c14-12-3-1-2-11(8-12)13(17)16-6-4-10(5-7-16)9-18-15/h1-3,8,10H,4-7,9,15H2. The molecule has 0 unspecified atom stereocenters. The third-order valence-corrected chi connectivity index (χ3v) is 3.54. The second-order valence-electron chi connectivity index (χ2n) is 4.58. The van der Waals surface area contributed by atoms with Gasteiger partial charge in [-0.05, 0) is 37.0 Å². The fourth-order valence-corrected chi connectivity index (χ4v) is 2.43. The molecule has 0 bridgehead atoms. The Morgan fingerprint density at radius 3 is 2.78 bits per heavy atom. The van der Waals surface area contributed by atoms with Crippen molar-refractivity contribution >= 4 is 17.5 Å². The summed E-state index contributed by atoms with van der Waals surface area (Å²) in [6.45, 7) is 2.07. The molecule has 5 heteroatoms. The molecule has 0 aromatic heterocycles. The molecule has 1 saturated heterocycles. The summed E-state index contributed by atoms with van der Waals surface area (Å²) in [7, 11) is 0. The van der Waals surface area contributed by atoms with Gasteiger partial charge in [0, 0.05) is 23.7 Å². The summed E-state index contributed by atoms with van der Waals surface area (Å²) in [5.74, 6) is 5.57. The van der Waals surface area contributed by atoms with Gasteiger partial charge in [-0.3, -0.25) is 4.79 Å². The van der Waals surface area contributed by atoms with Crippen LogP contribution < -0.4 is 5.90 Å². The zero-order chi connectivity index (χ0) is 13.0. The van der Waals surface area contributed by atoms with Crippen LogP contribution in [-0.2, 0) is 4.84 Å². The first-order valence-electron chi connectivity index (χ1n) is 6.07. The molecule has 0 radical (unpaired) electrons. The van der Waals surface area contributed by atoms with Crippen LogP contribution in [0.3, 0.4) is 0 Å². The molecule has 0 saturated carbocycles. The van der Waals surface area contributed by atoms with Gasteiger partial charge in [0.1, 0.15) is 0 Å².